The van der Waals surface area contributed by atoms with Gasteiger partial charge >= 0.3 is 6.18 Å². The van der Waals surface area contributed by atoms with Crippen LogP contribution in [0.2, 0.25) is 0 Å². The molecular formula is C9H13F3N4S. The summed E-state index contributed by atoms with van der Waals surface area (Å²) >= 11 is 0.728. The maximum absolute atomic E-state index is 12.2. The molecule has 0 aliphatic heterocycles. The third kappa shape index (κ3) is 3.06. The summed E-state index contributed by atoms with van der Waals surface area (Å²) in [5.74, 6) is -0.769. The summed E-state index contributed by atoms with van der Waals surface area (Å²) in [7, 11) is 0. The van der Waals surface area contributed by atoms with Crippen molar-refractivity contribution >= 4 is 16.7 Å². The molecule has 1 aliphatic carbocycles. The largest absolute Gasteiger partial charge is 0.452 e. The molecule has 1 aliphatic rings. The molecule has 0 aromatic carbocycles. The van der Waals surface area contributed by atoms with E-state index in [2.05, 4.69) is 14.7 Å². The lowest BCUT2D eigenvalue weighted by atomic mass is 10.1. The van der Waals surface area contributed by atoms with Crippen molar-refractivity contribution in [3.05, 3.63) is 5.82 Å². The SMILES string of the molecule is NC1CCCC1CNc1nc(C(F)(F)F)ns1. The van der Waals surface area contributed by atoms with E-state index in [-0.39, 0.29) is 11.2 Å². The first-order valence-corrected chi connectivity index (χ1v) is 6.14. The maximum atomic E-state index is 12.2. The average molecular weight is 266 g/mol. The fourth-order valence-electron chi connectivity index (χ4n) is 1.95. The van der Waals surface area contributed by atoms with Gasteiger partial charge in [-0.15, -0.1) is 0 Å². The number of nitrogens with one attached hydrogen (secondary N) is 1. The standard InChI is InChI=1S/C9H13F3N4S/c10-9(11,12)7-15-8(17-16-7)14-4-5-2-1-3-6(5)13/h5-6H,1-4,13H2,(H,14,15,16). The van der Waals surface area contributed by atoms with Gasteiger partial charge in [0, 0.05) is 24.1 Å². The quantitative estimate of drug-likeness (QED) is 0.879. The van der Waals surface area contributed by atoms with E-state index in [0.29, 0.717) is 12.5 Å². The summed E-state index contributed by atoms with van der Waals surface area (Å²) in [5.41, 5.74) is 5.86. The van der Waals surface area contributed by atoms with Gasteiger partial charge in [0.2, 0.25) is 11.0 Å². The van der Waals surface area contributed by atoms with Crippen LogP contribution < -0.4 is 11.1 Å². The van der Waals surface area contributed by atoms with Crippen LogP contribution in [0, 0.1) is 5.92 Å². The zero-order valence-electron chi connectivity index (χ0n) is 9.00. The number of hydrogen-bond donors (Lipinski definition) is 2. The second-order valence-electron chi connectivity index (χ2n) is 4.16. The Bertz CT molecular complexity index is 379. The van der Waals surface area contributed by atoms with Crippen LogP contribution in [0.3, 0.4) is 0 Å². The molecule has 4 nitrogen and oxygen atoms in total. The fraction of sp³-hybridized carbons (Fsp3) is 0.778. The molecular weight excluding hydrogens is 253 g/mol. The molecule has 2 unspecified atom stereocenters. The van der Waals surface area contributed by atoms with Gasteiger partial charge in [0.1, 0.15) is 0 Å². The van der Waals surface area contributed by atoms with Crippen molar-refractivity contribution in [1.82, 2.24) is 9.36 Å². The molecule has 1 heterocycles. The lowest BCUT2D eigenvalue weighted by molar-refractivity contribution is -0.144. The molecule has 0 radical (unpaired) electrons. The van der Waals surface area contributed by atoms with Crippen LogP contribution in [0.15, 0.2) is 0 Å². The third-order valence-corrected chi connectivity index (χ3v) is 3.59. The van der Waals surface area contributed by atoms with Gasteiger partial charge in [-0.25, -0.2) is 0 Å². The van der Waals surface area contributed by atoms with E-state index in [1.165, 1.54) is 0 Å². The molecule has 0 saturated heterocycles. The smallest absolute Gasteiger partial charge is 0.360 e. The number of nitrogens with zero attached hydrogens (tertiary/aromatic N) is 2. The topological polar surface area (TPSA) is 63.8 Å². The number of hydrogen-bond acceptors (Lipinski definition) is 5. The van der Waals surface area contributed by atoms with Crippen molar-refractivity contribution in [2.45, 2.75) is 31.5 Å². The lowest BCUT2D eigenvalue weighted by Crippen LogP contribution is -2.29. The van der Waals surface area contributed by atoms with Crippen molar-refractivity contribution in [1.29, 1.82) is 0 Å². The van der Waals surface area contributed by atoms with Gasteiger partial charge in [0.05, 0.1) is 0 Å². The number of alkyl halides is 3. The van der Waals surface area contributed by atoms with Crippen LogP contribution in [0.25, 0.3) is 0 Å². The Morgan fingerprint density at radius 3 is 2.71 bits per heavy atom. The molecule has 0 bridgehead atoms. The zero-order chi connectivity index (χ0) is 12.5. The first-order chi connectivity index (χ1) is 7.97. The first kappa shape index (κ1) is 12.6. The van der Waals surface area contributed by atoms with Crippen LogP contribution in [-0.2, 0) is 6.18 Å². The highest BCUT2D eigenvalue weighted by atomic mass is 32.1. The summed E-state index contributed by atoms with van der Waals surface area (Å²) in [6.45, 7) is 0.563. The molecule has 0 amide bonds. The van der Waals surface area contributed by atoms with Crippen molar-refractivity contribution in [2.75, 3.05) is 11.9 Å². The molecule has 0 spiro atoms. The number of aromatic nitrogens is 2. The van der Waals surface area contributed by atoms with E-state index in [9.17, 15) is 13.2 Å². The van der Waals surface area contributed by atoms with E-state index in [4.69, 9.17) is 5.73 Å². The molecule has 3 N–H and O–H groups in total. The average Bonchev–Trinajstić information content (AvgIpc) is 2.82. The summed E-state index contributed by atoms with van der Waals surface area (Å²) < 4.78 is 40.0. The van der Waals surface area contributed by atoms with Gasteiger partial charge in [0.25, 0.3) is 0 Å². The third-order valence-electron chi connectivity index (χ3n) is 2.91. The second-order valence-corrected chi connectivity index (χ2v) is 4.91. The maximum Gasteiger partial charge on any atom is 0.452 e. The van der Waals surface area contributed by atoms with Crippen LogP contribution in [0.1, 0.15) is 25.1 Å². The van der Waals surface area contributed by atoms with Crippen molar-refractivity contribution in [2.24, 2.45) is 11.7 Å². The normalized spacial score (nSPS) is 25.2. The van der Waals surface area contributed by atoms with E-state index >= 15 is 0 Å². The Kier molecular flexibility index (Phi) is 3.53. The highest BCUT2D eigenvalue weighted by Gasteiger charge is 2.36. The Hall–Kier alpha value is -0.890. The van der Waals surface area contributed by atoms with Gasteiger partial charge in [-0.1, -0.05) is 6.42 Å². The predicted octanol–water partition coefficient (Wildman–Crippen LogP) is 2.10. The highest BCUT2D eigenvalue weighted by Crippen LogP contribution is 2.29. The predicted molar refractivity (Wildman–Crippen MR) is 58.7 cm³/mol. The van der Waals surface area contributed by atoms with E-state index < -0.39 is 12.0 Å². The number of nitrogens with two attached hydrogens (primary N) is 1. The molecule has 17 heavy (non-hydrogen) atoms. The summed E-state index contributed by atoms with van der Waals surface area (Å²) in [6, 6.07) is 0.137. The van der Waals surface area contributed by atoms with E-state index in [0.717, 1.165) is 30.8 Å². The van der Waals surface area contributed by atoms with Crippen LogP contribution >= 0.6 is 11.5 Å². The summed E-state index contributed by atoms with van der Waals surface area (Å²) in [6.07, 6.45) is -1.40. The Morgan fingerprint density at radius 1 is 1.41 bits per heavy atom. The minimum absolute atomic E-state index is 0.137. The van der Waals surface area contributed by atoms with Gasteiger partial charge < -0.3 is 11.1 Å². The zero-order valence-corrected chi connectivity index (χ0v) is 9.81. The van der Waals surface area contributed by atoms with Crippen LogP contribution in [0.4, 0.5) is 18.3 Å². The lowest BCUT2D eigenvalue weighted by Gasteiger charge is -2.14. The monoisotopic (exact) mass is 266 g/mol. The number of rotatable bonds is 3. The molecule has 2 rings (SSSR count). The van der Waals surface area contributed by atoms with Gasteiger partial charge in [-0.05, 0) is 18.8 Å². The number of anilines is 1. The minimum atomic E-state index is -4.47. The van der Waals surface area contributed by atoms with Crippen molar-refractivity contribution < 1.29 is 13.2 Å². The fourth-order valence-corrected chi connectivity index (χ4v) is 2.54. The van der Waals surface area contributed by atoms with Crippen LogP contribution in [0.5, 0.6) is 0 Å². The van der Waals surface area contributed by atoms with Crippen LogP contribution in [-0.4, -0.2) is 21.9 Å². The molecule has 2 atom stereocenters. The van der Waals surface area contributed by atoms with Gasteiger partial charge in [0.15, 0.2) is 0 Å². The second kappa shape index (κ2) is 4.77. The van der Waals surface area contributed by atoms with Gasteiger partial charge in [-0.3, -0.25) is 0 Å². The summed E-state index contributed by atoms with van der Waals surface area (Å²) in [5, 5.41) is 3.08. The van der Waals surface area contributed by atoms with Gasteiger partial charge in [-0.2, -0.15) is 22.5 Å². The van der Waals surface area contributed by atoms with Crippen molar-refractivity contribution in [3.8, 4) is 0 Å². The Balaban J connectivity index is 1.89. The molecule has 1 fully saturated rings. The molecule has 1 aromatic heterocycles. The Morgan fingerprint density at radius 2 is 2.18 bits per heavy atom. The van der Waals surface area contributed by atoms with E-state index in [1.54, 1.807) is 0 Å². The number of halogens is 3. The Labute approximate surface area is 101 Å². The molecule has 1 saturated carbocycles. The summed E-state index contributed by atoms with van der Waals surface area (Å²) in [4.78, 5) is 3.40. The molecule has 96 valence electrons. The molecule has 8 heteroatoms. The first-order valence-electron chi connectivity index (χ1n) is 5.37. The van der Waals surface area contributed by atoms with Crippen molar-refractivity contribution in [3.63, 3.8) is 0 Å². The highest BCUT2D eigenvalue weighted by molar-refractivity contribution is 7.09. The minimum Gasteiger partial charge on any atom is -0.360 e. The molecule has 1 aromatic rings. The van der Waals surface area contributed by atoms with E-state index in [1.807, 2.05) is 0 Å².